The minimum absolute atomic E-state index is 0.107. The van der Waals surface area contributed by atoms with Crippen molar-refractivity contribution in [2.45, 2.75) is 57.9 Å². The zero-order valence-corrected chi connectivity index (χ0v) is 20.2. The number of alkyl carbamates (subject to hydrolysis) is 1. The van der Waals surface area contributed by atoms with Crippen LogP contribution < -0.4 is 5.32 Å². The van der Waals surface area contributed by atoms with Gasteiger partial charge in [-0.15, -0.1) is 0 Å². The van der Waals surface area contributed by atoms with E-state index >= 15 is 0 Å². The Hall–Kier alpha value is -3.39. The van der Waals surface area contributed by atoms with Crippen LogP contribution in [0.1, 0.15) is 38.3 Å². The van der Waals surface area contributed by atoms with Crippen LogP contribution in [-0.2, 0) is 32.0 Å². The van der Waals surface area contributed by atoms with Gasteiger partial charge in [-0.05, 0) is 38.3 Å². The van der Waals surface area contributed by atoms with Crippen molar-refractivity contribution in [3.8, 4) is 0 Å². The van der Waals surface area contributed by atoms with Crippen LogP contribution in [0.5, 0.6) is 0 Å². The van der Waals surface area contributed by atoms with E-state index in [0.29, 0.717) is 13.0 Å². The number of rotatable bonds is 11. The van der Waals surface area contributed by atoms with Crippen LogP contribution in [0, 0.1) is 0 Å². The van der Waals surface area contributed by atoms with Gasteiger partial charge in [0.15, 0.2) is 0 Å². The average Bonchev–Trinajstić information content (AvgIpc) is 2.76. The maximum atomic E-state index is 12.5. The van der Waals surface area contributed by atoms with Crippen LogP contribution in [0.4, 0.5) is 4.79 Å². The summed E-state index contributed by atoms with van der Waals surface area (Å²) in [6.45, 7) is 5.65. The fourth-order valence-electron chi connectivity index (χ4n) is 3.18. The molecule has 8 heteroatoms. The van der Waals surface area contributed by atoms with Gasteiger partial charge in [0.1, 0.15) is 18.2 Å². The third kappa shape index (κ3) is 10.5. The Kier molecular flexibility index (Phi) is 10.5. The molecule has 0 unspecified atom stereocenters. The van der Waals surface area contributed by atoms with E-state index in [1.54, 1.807) is 27.9 Å². The van der Waals surface area contributed by atoms with Crippen molar-refractivity contribution >= 4 is 18.0 Å². The fraction of sp³-hybridized carbons (Fsp3) is 0.423. The number of aliphatic imine (C=N–C) groups is 1. The summed E-state index contributed by atoms with van der Waals surface area (Å²) in [7, 11) is 1.58. The highest BCUT2D eigenvalue weighted by atomic mass is 16.6. The molecule has 2 N–H and O–H groups in total. The molecule has 0 aliphatic rings. The first kappa shape index (κ1) is 26.9. The molecule has 2 rings (SSSR count). The molecule has 2 aromatic rings. The molecule has 0 bridgehead atoms. The van der Waals surface area contributed by atoms with E-state index < -0.39 is 30.1 Å². The first-order valence-corrected chi connectivity index (χ1v) is 11.1. The molecule has 2 atom stereocenters. The highest BCUT2D eigenvalue weighted by molar-refractivity contribution is 5.89. The lowest BCUT2D eigenvalue weighted by Crippen LogP contribution is -2.46. The second-order valence-corrected chi connectivity index (χ2v) is 8.84. The zero-order chi connectivity index (χ0) is 25.0. The van der Waals surface area contributed by atoms with Crippen molar-refractivity contribution in [3.05, 3.63) is 71.8 Å². The standard InChI is InChI=1S/C26H34N2O6/c1-26(2,3)34-25(31)28-22(16-23(29)30)24(33-17-20-13-9-6-10-14-20)27-21(18-32-4)15-19-11-7-5-8-12-19/h5-14,21-22H,15-18H2,1-4H3,(H,28,31)(H,29,30)/t21-,22+/m0/s1. The molecular formula is C26H34N2O6. The number of aliphatic carboxylic acids is 1. The van der Waals surface area contributed by atoms with Gasteiger partial charge >= 0.3 is 12.1 Å². The quantitative estimate of drug-likeness (QED) is 0.376. The third-order valence-corrected chi connectivity index (χ3v) is 4.58. The predicted octanol–water partition coefficient (Wildman–Crippen LogP) is 4.23. The lowest BCUT2D eigenvalue weighted by atomic mass is 10.1. The molecule has 0 spiro atoms. The van der Waals surface area contributed by atoms with Gasteiger partial charge in [0.05, 0.1) is 19.1 Å². The third-order valence-electron chi connectivity index (χ3n) is 4.58. The first-order chi connectivity index (χ1) is 16.2. The van der Waals surface area contributed by atoms with Crippen molar-refractivity contribution in [2.75, 3.05) is 13.7 Å². The fourth-order valence-corrected chi connectivity index (χ4v) is 3.18. The van der Waals surface area contributed by atoms with Crippen molar-refractivity contribution < 1.29 is 28.9 Å². The van der Waals surface area contributed by atoms with E-state index in [1.165, 1.54) is 0 Å². The molecule has 8 nitrogen and oxygen atoms in total. The van der Waals surface area contributed by atoms with Gasteiger partial charge in [-0.2, -0.15) is 0 Å². The highest BCUT2D eigenvalue weighted by Crippen LogP contribution is 2.13. The Balaban J connectivity index is 2.35. The van der Waals surface area contributed by atoms with E-state index in [-0.39, 0.29) is 18.5 Å². The van der Waals surface area contributed by atoms with E-state index in [4.69, 9.17) is 19.2 Å². The molecule has 2 aromatic carbocycles. The van der Waals surface area contributed by atoms with E-state index in [0.717, 1.165) is 11.1 Å². The summed E-state index contributed by atoms with van der Waals surface area (Å²) >= 11 is 0. The number of carboxylic acids is 1. The molecule has 0 aliphatic heterocycles. The van der Waals surface area contributed by atoms with Gasteiger partial charge in [-0.25, -0.2) is 9.79 Å². The van der Waals surface area contributed by atoms with Crippen LogP contribution in [0.2, 0.25) is 0 Å². The summed E-state index contributed by atoms with van der Waals surface area (Å²) in [6, 6.07) is 17.8. The Morgan fingerprint density at radius 1 is 1.00 bits per heavy atom. The molecule has 0 saturated carbocycles. The normalized spacial score (nSPS) is 13.6. The summed E-state index contributed by atoms with van der Waals surface area (Å²) in [6.07, 6.45) is -0.613. The monoisotopic (exact) mass is 470 g/mol. The molecule has 0 fully saturated rings. The average molecular weight is 471 g/mol. The smallest absolute Gasteiger partial charge is 0.408 e. The van der Waals surface area contributed by atoms with Crippen LogP contribution in [0.25, 0.3) is 0 Å². The topological polar surface area (TPSA) is 106 Å². The number of amides is 1. The minimum Gasteiger partial charge on any atom is -0.481 e. The highest BCUT2D eigenvalue weighted by Gasteiger charge is 2.27. The van der Waals surface area contributed by atoms with Crippen molar-refractivity contribution in [1.82, 2.24) is 5.32 Å². The number of methoxy groups -OCH3 is 1. The summed E-state index contributed by atoms with van der Waals surface area (Å²) in [4.78, 5) is 28.8. The number of nitrogens with one attached hydrogen (secondary N) is 1. The Bertz CT molecular complexity index is 925. The molecule has 1 amide bonds. The number of hydrogen-bond acceptors (Lipinski definition) is 6. The first-order valence-electron chi connectivity index (χ1n) is 11.1. The van der Waals surface area contributed by atoms with E-state index in [2.05, 4.69) is 5.32 Å². The Morgan fingerprint density at radius 3 is 2.12 bits per heavy atom. The molecule has 0 radical (unpaired) electrons. The van der Waals surface area contributed by atoms with Crippen molar-refractivity contribution in [2.24, 2.45) is 4.99 Å². The second kappa shape index (κ2) is 13.3. The number of benzene rings is 2. The van der Waals surface area contributed by atoms with Gasteiger partial charge in [0.25, 0.3) is 0 Å². The van der Waals surface area contributed by atoms with Gasteiger partial charge < -0.3 is 24.6 Å². The maximum Gasteiger partial charge on any atom is 0.408 e. The number of carboxylic acid groups (broad SMARTS) is 1. The van der Waals surface area contributed by atoms with Gasteiger partial charge in [-0.3, -0.25) is 4.79 Å². The lowest BCUT2D eigenvalue weighted by molar-refractivity contribution is -0.137. The largest absolute Gasteiger partial charge is 0.481 e. The number of ether oxygens (including phenoxy) is 3. The minimum atomic E-state index is -1.11. The lowest BCUT2D eigenvalue weighted by Gasteiger charge is -2.25. The van der Waals surface area contributed by atoms with Gasteiger partial charge in [0.2, 0.25) is 5.90 Å². The number of carbonyl (C=O) groups is 2. The molecular weight excluding hydrogens is 436 g/mol. The molecule has 184 valence electrons. The Labute approximate surface area is 201 Å². The zero-order valence-electron chi connectivity index (χ0n) is 20.2. The van der Waals surface area contributed by atoms with Crippen molar-refractivity contribution in [1.29, 1.82) is 0 Å². The van der Waals surface area contributed by atoms with Crippen LogP contribution >= 0.6 is 0 Å². The van der Waals surface area contributed by atoms with Crippen LogP contribution in [0.15, 0.2) is 65.7 Å². The number of carbonyl (C=O) groups excluding carboxylic acids is 1. The SMILES string of the molecule is COC[C@H](Cc1ccccc1)N=C(OCc1ccccc1)[C@@H](CC(=O)O)NC(=O)OC(C)(C)C. The number of nitrogens with zero attached hydrogens (tertiary/aromatic N) is 1. The summed E-state index contributed by atoms with van der Waals surface area (Å²) in [5, 5.41) is 12.1. The molecule has 0 saturated heterocycles. The molecule has 0 heterocycles. The van der Waals surface area contributed by atoms with Crippen LogP contribution in [0.3, 0.4) is 0 Å². The molecule has 0 aromatic heterocycles. The van der Waals surface area contributed by atoms with Gasteiger partial charge in [-0.1, -0.05) is 60.7 Å². The summed E-state index contributed by atoms with van der Waals surface area (Å²) in [5.74, 6) is -1.00. The van der Waals surface area contributed by atoms with Gasteiger partial charge in [0, 0.05) is 7.11 Å². The molecule has 34 heavy (non-hydrogen) atoms. The van der Waals surface area contributed by atoms with E-state index in [1.807, 2.05) is 60.7 Å². The van der Waals surface area contributed by atoms with E-state index in [9.17, 15) is 14.7 Å². The van der Waals surface area contributed by atoms with Crippen molar-refractivity contribution in [3.63, 3.8) is 0 Å². The summed E-state index contributed by atoms with van der Waals surface area (Å²) in [5.41, 5.74) is 1.19. The number of hydrogen-bond donors (Lipinski definition) is 2. The summed E-state index contributed by atoms with van der Waals surface area (Å²) < 4.78 is 16.7. The Morgan fingerprint density at radius 2 is 1.59 bits per heavy atom. The van der Waals surface area contributed by atoms with Crippen LogP contribution in [-0.4, -0.2) is 54.5 Å². The second-order valence-electron chi connectivity index (χ2n) is 8.84. The maximum absolute atomic E-state index is 12.5. The molecule has 0 aliphatic carbocycles. The predicted molar refractivity (Wildman–Crippen MR) is 130 cm³/mol.